The van der Waals surface area contributed by atoms with E-state index in [2.05, 4.69) is 5.10 Å². The van der Waals surface area contributed by atoms with E-state index in [-0.39, 0.29) is 10.7 Å². The molecule has 4 nitrogen and oxygen atoms in total. The van der Waals surface area contributed by atoms with Crippen molar-refractivity contribution in [2.45, 2.75) is 0 Å². The van der Waals surface area contributed by atoms with Crippen LogP contribution in [0.25, 0.3) is 0 Å². The number of benzene rings is 1. The molecule has 0 spiro atoms. The quantitative estimate of drug-likeness (QED) is 0.524. The highest BCUT2D eigenvalue weighted by molar-refractivity contribution is 6.34. The molecule has 1 aromatic carbocycles. The van der Waals surface area contributed by atoms with E-state index in [1.165, 1.54) is 7.05 Å². The minimum Gasteiger partial charge on any atom is -0.315 e. The predicted molar refractivity (Wildman–Crippen MR) is 62.4 cm³/mol. The third-order valence-electron chi connectivity index (χ3n) is 2.56. The number of hydrogen-bond acceptors (Lipinski definition) is 2. The molecule has 10 heteroatoms. The smallest absolute Gasteiger partial charge is 0.275 e. The minimum absolute atomic E-state index is 0.154. The number of nitrogens with one attached hydrogen (secondary N) is 1. The fourth-order valence-electron chi connectivity index (χ4n) is 1.55. The van der Waals surface area contributed by atoms with Crippen LogP contribution in [-0.4, -0.2) is 15.7 Å². The van der Waals surface area contributed by atoms with Gasteiger partial charge in [0.15, 0.2) is 23.3 Å². The second-order valence-corrected chi connectivity index (χ2v) is 4.27. The lowest BCUT2D eigenvalue weighted by Gasteiger charge is -2.10. The number of halogens is 6. The molecule has 0 saturated carbocycles. The molecule has 2 aromatic rings. The van der Waals surface area contributed by atoms with E-state index in [0.29, 0.717) is 0 Å². The Morgan fingerprint density at radius 2 is 1.57 bits per heavy atom. The molecule has 0 bridgehead atoms. The molecule has 1 heterocycles. The van der Waals surface area contributed by atoms with E-state index in [4.69, 9.17) is 11.6 Å². The molecular formula is C11H5ClF5N3O. The molecule has 0 fully saturated rings. The molecule has 0 atom stereocenters. The Balaban J connectivity index is 2.48. The van der Waals surface area contributed by atoms with Crippen molar-refractivity contribution in [1.82, 2.24) is 9.78 Å². The highest BCUT2D eigenvalue weighted by Crippen LogP contribution is 2.28. The average Bonchev–Trinajstić information content (AvgIpc) is 2.78. The molecule has 21 heavy (non-hydrogen) atoms. The number of amides is 1. The van der Waals surface area contributed by atoms with Crippen LogP contribution in [0, 0.1) is 29.1 Å². The van der Waals surface area contributed by atoms with E-state index in [0.717, 1.165) is 10.9 Å². The van der Waals surface area contributed by atoms with Crippen LogP contribution in [0.15, 0.2) is 6.20 Å². The lowest BCUT2D eigenvalue weighted by atomic mass is 10.2. The molecule has 1 amide bonds. The van der Waals surface area contributed by atoms with Crippen LogP contribution in [0.1, 0.15) is 10.5 Å². The van der Waals surface area contributed by atoms with Crippen molar-refractivity contribution in [3.63, 3.8) is 0 Å². The van der Waals surface area contributed by atoms with Gasteiger partial charge in [0.05, 0.1) is 11.2 Å². The molecule has 0 aliphatic rings. The zero-order chi connectivity index (χ0) is 15.9. The fourth-order valence-corrected chi connectivity index (χ4v) is 1.81. The molecular weight excluding hydrogens is 321 g/mol. The van der Waals surface area contributed by atoms with Crippen LogP contribution >= 0.6 is 11.6 Å². The third-order valence-corrected chi connectivity index (χ3v) is 2.83. The van der Waals surface area contributed by atoms with Crippen molar-refractivity contribution in [3.8, 4) is 0 Å². The van der Waals surface area contributed by atoms with E-state index >= 15 is 0 Å². The van der Waals surface area contributed by atoms with Crippen LogP contribution < -0.4 is 5.32 Å². The Morgan fingerprint density at radius 3 is 2.00 bits per heavy atom. The lowest BCUT2D eigenvalue weighted by Crippen LogP contribution is -2.20. The Kier molecular flexibility index (Phi) is 3.86. The molecule has 2 rings (SSSR count). The maximum Gasteiger partial charge on any atom is 0.275 e. The zero-order valence-corrected chi connectivity index (χ0v) is 10.9. The summed E-state index contributed by atoms with van der Waals surface area (Å²) in [7, 11) is 1.30. The van der Waals surface area contributed by atoms with Gasteiger partial charge in [-0.15, -0.1) is 0 Å². The van der Waals surface area contributed by atoms with Crippen molar-refractivity contribution in [3.05, 3.63) is 46.0 Å². The maximum absolute atomic E-state index is 13.4. The number of hydrogen-bond donors (Lipinski definition) is 1. The van der Waals surface area contributed by atoms with E-state index in [1.807, 2.05) is 0 Å². The largest absolute Gasteiger partial charge is 0.315 e. The van der Waals surface area contributed by atoms with Gasteiger partial charge in [-0.25, -0.2) is 22.0 Å². The van der Waals surface area contributed by atoms with Crippen molar-refractivity contribution >= 4 is 23.2 Å². The van der Waals surface area contributed by atoms with Gasteiger partial charge >= 0.3 is 0 Å². The number of aryl methyl sites for hydroxylation is 1. The molecule has 0 unspecified atom stereocenters. The van der Waals surface area contributed by atoms with Gasteiger partial charge < -0.3 is 5.32 Å². The Hall–Kier alpha value is -2.16. The summed E-state index contributed by atoms with van der Waals surface area (Å²) in [6.07, 6.45) is 1.08. The number of carbonyl (C=O) groups is 1. The number of anilines is 1. The second-order valence-electron chi connectivity index (χ2n) is 3.86. The average molecular weight is 326 g/mol. The first-order valence-corrected chi connectivity index (χ1v) is 5.63. The number of nitrogens with zero attached hydrogens (tertiary/aromatic N) is 2. The van der Waals surface area contributed by atoms with Crippen LogP contribution in [0.2, 0.25) is 5.02 Å². The van der Waals surface area contributed by atoms with Gasteiger partial charge in [-0.2, -0.15) is 5.10 Å². The van der Waals surface area contributed by atoms with Crippen molar-refractivity contribution in [2.24, 2.45) is 7.05 Å². The van der Waals surface area contributed by atoms with Gasteiger partial charge in [0.25, 0.3) is 5.91 Å². The summed E-state index contributed by atoms with van der Waals surface area (Å²) in [4.78, 5) is 11.8. The predicted octanol–water partition coefficient (Wildman–Crippen LogP) is 3.02. The first kappa shape index (κ1) is 15.2. The fraction of sp³-hybridized carbons (Fsp3) is 0.0909. The number of rotatable bonds is 2. The van der Waals surface area contributed by atoms with Gasteiger partial charge in [-0.05, 0) is 0 Å². The minimum atomic E-state index is -2.32. The summed E-state index contributed by atoms with van der Waals surface area (Å²) in [5.74, 6) is -12.1. The highest BCUT2D eigenvalue weighted by atomic mass is 35.5. The Bertz CT molecular complexity index is 697. The van der Waals surface area contributed by atoms with Gasteiger partial charge in [0.1, 0.15) is 11.4 Å². The molecule has 0 radical (unpaired) electrons. The van der Waals surface area contributed by atoms with Gasteiger partial charge in [0.2, 0.25) is 5.82 Å². The highest BCUT2D eigenvalue weighted by Gasteiger charge is 2.28. The molecule has 1 N–H and O–H groups in total. The van der Waals surface area contributed by atoms with Crippen LogP contribution in [0.3, 0.4) is 0 Å². The Morgan fingerprint density at radius 1 is 1.10 bits per heavy atom. The second kappa shape index (κ2) is 5.32. The van der Waals surface area contributed by atoms with Crippen molar-refractivity contribution < 1.29 is 26.7 Å². The van der Waals surface area contributed by atoms with Gasteiger partial charge in [-0.1, -0.05) is 11.6 Å². The van der Waals surface area contributed by atoms with Gasteiger partial charge in [0, 0.05) is 7.05 Å². The van der Waals surface area contributed by atoms with E-state index in [1.54, 1.807) is 5.32 Å². The molecule has 0 saturated heterocycles. The molecule has 1 aromatic heterocycles. The normalized spacial score (nSPS) is 10.8. The van der Waals surface area contributed by atoms with Gasteiger partial charge in [-0.3, -0.25) is 9.48 Å². The Labute approximate surface area is 119 Å². The van der Waals surface area contributed by atoms with Crippen molar-refractivity contribution in [1.29, 1.82) is 0 Å². The zero-order valence-electron chi connectivity index (χ0n) is 10.1. The number of aromatic nitrogens is 2. The van der Waals surface area contributed by atoms with Crippen LogP contribution in [0.5, 0.6) is 0 Å². The molecule has 112 valence electrons. The number of carbonyl (C=O) groups excluding carboxylic acids is 1. The monoisotopic (exact) mass is 325 g/mol. The molecule has 0 aliphatic heterocycles. The summed E-state index contributed by atoms with van der Waals surface area (Å²) in [5, 5.41) is 5.04. The van der Waals surface area contributed by atoms with E-state index in [9.17, 15) is 26.7 Å². The lowest BCUT2D eigenvalue weighted by molar-refractivity contribution is 0.101. The summed E-state index contributed by atoms with van der Waals surface area (Å²) >= 11 is 5.63. The summed E-state index contributed by atoms with van der Waals surface area (Å²) in [5.41, 5.74) is -1.77. The maximum atomic E-state index is 13.4. The topological polar surface area (TPSA) is 46.9 Å². The molecule has 0 aliphatic carbocycles. The van der Waals surface area contributed by atoms with Crippen LogP contribution in [0.4, 0.5) is 27.6 Å². The first-order valence-electron chi connectivity index (χ1n) is 5.26. The standard InChI is InChI=1S/C11H5ClF5N3O/c1-20-10(3(12)2-18-20)11(21)19-9-7(16)5(14)4(13)6(15)8(9)17/h2H,1H3,(H,19,21). The van der Waals surface area contributed by atoms with E-state index < -0.39 is 40.7 Å². The summed E-state index contributed by atoms with van der Waals surface area (Å²) in [6, 6.07) is 0. The SMILES string of the molecule is Cn1ncc(Cl)c1C(=O)Nc1c(F)c(F)c(F)c(F)c1F. The van der Waals surface area contributed by atoms with Crippen molar-refractivity contribution in [2.75, 3.05) is 5.32 Å². The van der Waals surface area contributed by atoms with Crippen LogP contribution in [-0.2, 0) is 7.05 Å². The third kappa shape index (κ3) is 2.44. The summed E-state index contributed by atoms with van der Waals surface area (Å²) in [6.45, 7) is 0. The summed E-state index contributed by atoms with van der Waals surface area (Å²) < 4.78 is 66.7. The first-order chi connectivity index (χ1) is 9.75.